The second-order valence-electron chi connectivity index (χ2n) is 4.13. The second-order valence-corrected chi connectivity index (χ2v) is 6.67. The normalized spacial score (nSPS) is 12.7. The SMILES string of the molecule is COC(C)(C)COS(=O)(=O)c1ccc(Br)cc1. The van der Waals surface area contributed by atoms with Gasteiger partial charge in [-0.2, -0.15) is 8.42 Å². The van der Waals surface area contributed by atoms with Gasteiger partial charge >= 0.3 is 0 Å². The van der Waals surface area contributed by atoms with Gasteiger partial charge in [-0.25, -0.2) is 0 Å². The van der Waals surface area contributed by atoms with E-state index in [1.54, 1.807) is 26.0 Å². The van der Waals surface area contributed by atoms with E-state index in [-0.39, 0.29) is 11.5 Å². The lowest BCUT2D eigenvalue weighted by Crippen LogP contribution is -2.30. The minimum atomic E-state index is -3.72. The molecule has 0 radical (unpaired) electrons. The highest BCUT2D eigenvalue weighted by Gasteiger charge is 2.23. The Morgan fingerprint density at radius 3 is 2.24 bits per heavy atom. The number of benzene rings is 1. The Kier molecular flexibility index (Phi) is 4.71. The largest absolute Gasteiger partial charge is 0.376 e. The van der Waals surface area contributed by atoms with E-state index in [4.69, 9.17) is 8.92 Å². The zero-order valence-electron chi connectivity index (χ0n) is 9.94. The van der Waals surface area contributed by atoms with Crippen LogP contribution in [0, 0.1) is 0 Å². The maximum absolute atomic E-state index is 11.8. The fourth-order valence-corrected chi connectivity index (χ4v) is 2.26. The van der Waals surface area contributed by atoms with E-state index >= 15 is 0 Å². The molecule has 1 rings (SSSR count). The van der Waals surface area contributed by atoms with Gasteiger partial charge in [0.1, 0.15) is 0 Å². The molecule has 0 unspecified atom stereocenters. The molecule has 0 heterocycles. The van der Waals surface area contributed by atoms with Crippen LogP contribution in [0.25, 0.3) is 0 Å². The summed E-state index contributed by atoms with van der Waals surface area (Å²) in [5.74, 6) is 0. The molecular weight excluding hydrogens is 308 g/mol. The van der Waals surface area contributed by atoms with Gasteiger partial charge < -0.3 is 4.74 Å². The number of methoxy groups -OCH3 is 1. The predicted octanol–water partition coefficient (Wildman–Crippen LogP) is 2.58. The van der Waals surface area contributed by atoms with Gasteiger partial charge in [0.2, 0.25) is 0 Å². The van der Waals surface area contributed by atoms with Crippen molar-refractivity contribution in [2.24, 2.45) is 0 Å². The van der Waals surface area contributed by atoms with Crippen molar-refractivity contribution >= 4 is 26.0 Å². The van der Waals surface area contributed by atoms with E-state index in [0.29, 0.717) is 0 Å². The molecule has 0 N–H and O–H groups in total. The zero-order chi connectivity index (χ0) is 13.1. The highest BCUT2D eigenvalue weighted by atomic mass is 79.9. The number of ether oxygens (including phenoxy) is 1. The smallest absolute Gasteiger partial charge is 0.297 e. The molecule has 0 fully saturated rings. The summed E-state index contributed by atoms with van der Waals surface area (Å²) in [6.45, 7) is 3.48. The Morgan fingerprint density at radius 1 is 1.24 bits per heavy atom. The van der Waals surface area contributed by atoms with Crippen LogP contribution in [-0.4, -0.2) is 27.7 Å². The quantitative estimate of drug-likeness (QED) is 0.782. The van der Waals surface area contributed by atoms with Crippen molar-refractivity contribution in [3.63, 3.8) is 0 Å². The van der Waals surface area contributed by atoms with Gasteiger partial charge in [0.05, 0.1) is 17.1 Å². The monoisotopic (exact) mass is 322 g/mol. The van der Waals surface area contributed by atoms with Crippen molar-refractivity contribution in [2.45, 2.75) is 24.3 Å². The average molecular weight is 323 g/mol. The minimum Gasteiger partial charge on any atom is -0.376 e. The first-order valence-electron chi connectivity index (χ1n) is 4.97. The van der Waals surface area contributed by atoms with E-state index in [1.165, 1.54) is 19.2 Å². The van der Waals surface area contributed by atoms with E-state index in [9.17, 15) is 8.42 Å². The highest BCUT2D eigenvalue weighted by molar-refractivity contribution is 9.10. The van der Waals surface area contributed by atoms with Gasteiger partial charge in [-0.3, -0.25) is 4.18 Å². The third-order valence-corrected chi connectivity index (χ3v) is 4.02. The molecule has 0 aromatic heterocycles. The van der Waals surface area contributed by atoms with Crippen molar-refractivity contribution < 1.29 is 17.3 Å². The molecule has 0 amide bonds. The third kappa shape index (κ3) is 4.39. The van der Waals surface area contributed by atoms with E-state index in [2.05, 4.69) is 15.9 Å². The number of hydrogen-bond acceptors (Lipinski definition) is 4. The van der Waals surface area contributed by atoms with E-state index in [0.717, 1.165) is 4.47 Å². The van der Waals surface area contributed by atoms with Crippen LogP contribution in [0.1, 0.15) is 13.8 Å². The number of rotatable bonds is 5. The third-order valence-electron chi connectivity index (χ3n) is 2.22. The minimum absolute atomic E-state index is 0.0259. The first-order chi connectivity index (χ1) is 7.77. The molecular formula is C11H15BrO4S. The molecule has 0 atom stereocenters. The number of halogens is 1. The van der Waals surface area contributed by atoms with Crippen molar-refractivity contribution in [2.75, 3.05) is 13.7 Å². The maximum atomic E-state index is 11.8. The molecule has 0 aliphatic carbocycles. The van der Waals surface area contributed by atoms with Crippen LogP contribution in [0.3, 0.4) is 0 Å². The first kappa shape index (κ1) is 14.6. The van der Waals surface area contributed by atoms with Gasteiger partial charge in [0, 0.05) is 11.6 Å². The Hall–Kier alpha value is -0.430. The highest BCUT2D eigenvalue weighted by Crippen LogP contribution is 2.18. The predicted molar refractivity (Wildman–Crippen MR) is 68.4 cm³/mol. The Labute approximate surface area is 110 Å². The molecule has 0 aliphatic rings. The standard InChI is InChI=1S/C11H15BrO4S/c1-11(2,15-3)8-16-17(13,14)10-6-4-9(12)5-7-10/h4-7H,8H2,1-3H3. The second kappa shape index (κ2) is 5.48. The summed E-state index contributed by atoms with van der Waals surface area (Å²) >= 11 is 3.24. The molecule has 96 valence electrons. The van der Waals surface area contributed by atoms with Gasteiger partial charge in [-0.1, -0.05) is 15.9 Å². The van der Waals surface area contributed by atoms with Crippen molar-refractivity contribution in [3.8, 4) is 0 Å². The topological polar surface area (TPSA) is 52.6 Å². The summed E-state index contributed by atoms with van der Waals surface area (Å²) in [5.41, 5.74) is -0.636. The van der Waals surface area contributed by atoms with Gasteiger partial charge in [-0.05, 0) is 38.1 Å². The molecule has 0 saturated carbocycles. The molecule has 1 aromatic rings. The van der Waals surface area contributed by atoms with Crippen LogP contribution in [0.15, 0.2) is 33.6 Å². The lowest BCUT2D eigenvalue weighted by atomic mass is 10.2. The van der Waals surface area contributed by atoms with Gasteiger partial charge in [0.15, 0.2) is 0 Å². The molecule has 0 saturated heterocycles. The van der Waals surface area contributed by atoms with Crippen LogP contribution < -0.4 is 0 Å². The summed E-state index contributed by atoms with van der Waals surface area (Å²) in [6.07, 6.45) is 0. The molecule has 0 spiro atoms. The Bertz CT molecular complexity index is 465. The van der Waals surface area contributed by atoms with E-state index in [1.807, 2.05) is 0 Å². The summed E-state index contributed by atoms with van der Waals surface area (Å²) in [6, 6.07) is 6.27. The van der Waals surface area contributed by atoms with Crippen LogP contribution in [0.5, 0.6) is 0 Å². The summed E-state index contributed by atoms with van der Waals surface area (Å²) in [7, 11) is -2.21. The van der Waals surface area contributed by atoms with Crippen LogP contribution in [0.4, 0.5) is 0 Å². The Morgan fingerprint density at radius 2 is 1.76 bits per heavy atom. The fraction of sp³-hybridized carbons (Fsp3) is 0.455. The summed E-state index contributed by atoms with van der Waals surface area (Å²) < 4.78 is 34.5. The van der Waals surface area contributed by atoms with Gasteiger partial charge in [0.25, 0.3) is 10.1 Å². The first-order valence-corrected chi connectivity index (χ1v) is 7.17. The number of hydrogen-bond donors (Lipinski definition) is 0. The lowest BCUT2D eigenvalue weighted by Gasteiger charge is -2.21. The van der Waals surface area contributed by atoms with Crippen molar-refractivity contribution in [3.05, 3.63) is 28.7 Å². The van der Waals surface area contributed by atoms with Crippen LogP contribution >= 0.6 is 15.9 Å². The molecule has 4 nitrogen and oxygen atoms in total. The molecule has 17 heavy (non-hydrogen) atoms. The summed E-state index contributed by atoms with van der Waals surface area (Å²) in [5, 5.41) is 0. The van der Waals surface area contributed by atoms with Gasteiger partial charge in [-0.15, -0.1) is 0 Å². The van der Waals surface area contributed by atoms with Crippen LogP contribution in [0.2, 0.25) is 0 Å². The Balaban J connectivity index is 2.79. The van der Waals surface area contributed by atoms with Crippen molar-refractivity contribution in [1.82, 2.24) is 0 Å². The van der Waals surface area contributed by atoms with E-state index < -0.39 is 15.7 Å². The maximum Gasteiger partial charge on any atom is 0.297 e. The molecule has 6 heteroatoms. The fourth-order valence-electron chi connectivity index (χ4n) is 0.948. The summed E-state index contributed by atoms with van der Waals surface area (Å²) in [4.78, 5) is 0.132. The van der Waals surface area contributed by atoms with Crippen LogP contribution in [-0.2, 0) is 19.0 Å². The molecule has 0 aliphatic heterocycles. The lowest BCUT2D eigenvalue weighted by molar-refractivity contribution is -0.0130. The zero-order valence-corrected chi connectivity index (χ0v) is 12.3. The molecule has 0 bridgehead atoms. The molecule has 1 aromatic carbocycles. The average Bonchev–Trinajstić information content (AvgIpc) is 2.27. The van der Waals surface area contributed by atoms with Crippen molar-refractivity contribution in [1.29, 1.82) is 0 Å².